The van der Waals surface area contributed by atoms with Crippen LogP contribution in [0.25, 0.3) is 0 Å². The van der Waals surface area contributed by atoms with Crippen LogP contribution in [0, 0.1) is 0 Å². The zero-order valence-corrected chi connectivity index (χ0v) is 13.1. The summed E-state index contributed by atoms with van der Waals surface area (Å²) in [5, 5.41) is 0. The van der Waals surface area contributed by atoms with Gasteiger partial charge in [0.15, 0.2) is 0 Å². The lowest BCUT2D eigenvalue weighted by Crippen LogP contribution is -2.34. The molecule has 0 aliphatic carbocycles. The van der Waals surface area contributed by atoms with Crippen LogP contribution < -0.4 is 0 Å². The van der Waals surface area contributed by atoms with E-state index in [0.717, 1.165) is 25.7 Å². The summed E-state index contributed by atoms with van der Waals surface area (Å²) in [6, 6.07) is 0. The Morgan fingerprint density at radius 1 is 0.947 bits per heavy atom. The molecule has 1 atom stereocenters. The van der Waals surface area contributed by atoms with Crippen molar-refractivity contribution in [2.24, 2.45) is 4.99 Å². The predicted molar refractivity (Wildman–Crippen MR) is 77.2 cm³/mol. The maximum atomic E-state index is 9.98. The molecule has 0 rings (SSSR count). The fraction of sp³-hybridized carbons (Fsp3) is 0.933. The summed E-state index contributed by atoms with van der Waals surface area (Å²) in [6.07, 6.45) is 5.31. The molecule has 0 N–H and O–H groups in total. The van der Waals surface area contributed by atoms with Crippen LogP contribution in [0.1, 0.15) is 60.3 Å². The first-order valence-corrected chi connectivity index (χ1v) is 7.27. The molecule has 0 saturated heterocycles. The topological polar surface area (TPSA) is 47.9 Å². The standard InChI is InChI=1S/C15H29NO3/c1-6-14(4,7-2)18-11-9-15(5,8-3)19-12-10-16-13-17/h6-12H2,1-5H3. The van der Waals surface area contributed by atoms with Gasteiger partial charge < -0.3 is 9.47 Å². The summed E-state index contributed by atoms with van der Waals surface area (Å²) in [7, 11) is 0. The molecule has 0 amide bonds. The van der Waals surface area contributed by atoms with Gasteiger partial charge in [0.1, 0.15) is 0 Å². The van der Waals surface area contributed by atoms with Crippen molar-refractivity contribution >= 4 is 6.08 Å². The van der Waals surface area contributed by atoms with E-state index in [0.29, 0.717) is 19.8 Å². The molecule has 0 aliphatic heterocycles. The van der Waals surface area contributed by atoms with Gasteiger partial charge in [0.2, 0.25) is 6.08 Å². The SMILES string of the molecule is CCC(C)(CC)OCCC(C)(CC)OCCN=C=O. The molecule has 0 fully saturated rings. The van der Waals surface area contributed by atoms with Crippen LogP contribution in [0.3, 0.4) is 0 Å². The number of rotatable bonds is 11. The Balaban J connectivity index is 4.12. The lowest BCUT2D eigenvalue weighted by molar-refractivity contribution is -0.0871. The van der Waals surface area contributed by atoms with Gasteiger partial charge in [0.05, 0.1) is 31.0 Å². The molecule has 4 nitrogen and oxygen atoms in total. The monoisotopic (exact) mass is 271 g/mol. The van der Waals surface area contributed by atoms with Gasteiger partial charge in [-0.2, -0.15) is 0 Å². The highest BCUT2D eigenvalue weighted by Crippen LogP contribution is 2.24. The zero-order chi connectivity index (χ0) is 14.8. The highest BCUT2D eigenvalue weighted by atomic mass is 16.5. The number of hydrogen-bond acceptors (Lipinski definition) is 4. The van der Waals surface area contributed by atoms with Gasteiger partial charge >= 0.3 is 0 Å². The average molecular weight is 271 g/mol. The number of carbonyl (C=O) groups excluding carboxylic acids is 1. The molecular formula is C15H29NO3. The first kappa shape index (κ1) is 18.3. The summed E-state index contributed by atoms with van der Waals surface area (Å²) < 4.78 is 11.8. The average Bonchev–Trinajstić information content (AvgIpc) is 2.43. The Kier molecular flexibility index (Phi) is 8.90. The minimum absolute atomic E-state index is 0.0313. The molecule has 0 aromatic heterocycles. The van der Waals surface area contributed by atoms with Gasteiger partial charge in [0.25, 0.3) is 0 Å². The third kappa shape index (κ3) is 7.46. The molecule has 0 radical (unpaired) electrons. The molecular weight excluding hydrogens is 242 g/mol. The van der Waals surface area contributed by atoms with Crippen molar-refractivity contribution in [3.63, 3.8) is 0 Å². The van der Waals surface area contributed by atoms with E-state index in [1.807, 2.05) is 0 Å². The minimum atomic E-state index is -0.208. The maximum absolute atomic E-state index is 9.98. The molecule has 19 heavy (non-hydrogen) atoms. The van der Waals surface area contributed by atoms with Crippen LogP contribution in [0.15, 0.2) is 4.99 Å². The fourth-order valence-corrected chi connectivity index (χ4v) is 1.70. The van der Waals surface area contributed by atoms with Crippen molar-refractivity contribution in [3.8, 4) is 0 Å². The molecule has 0 saturated carbocycles. The minimum Gasteiger partial charge on any atom is -0.375 e. The Morgan fingerprint density at radius 2 is 1.47 bits per heavy atom. The molecule has 1 unspecified atom stereocenters. The van der Waals surface area contributed by atoms with Crippen LogP contribution in [0.2, 0.25) is 0 Å². The number of isocyanates is 1. The Morgan fingerprint density at radius 3 is 1.95 bits per heavy atom. The van der Waals surface area contributed by atoms with E-state index < -0.39 is 0 Å². The van der Waals surface area contributed by atoms with Crippen molar-refractivity contribution in [1.82, 2.24) is 0 Å². The zero-order valence-electron chi connectivity index (χ0n) is 13.1. The highest BCUT2D eigenvalue weighted by molar-refractivity contribution is 5.32. The molecule has 0 spiro atoms. The summed E-state index contributed by atoms with van der Waals surface area (Å²) in [4.78, 5) is 13.5. The van der Waals surface area contributed by atoms with Crippen LogP contribution in [0.5, 0.6) is 0 Å². The van der Waals surface area contributed by atoms with Crippen molar-refractivity contribution in [3.05, 3.63) is 0 Å². The van der Waals surface area contributed by atoms with Crippen LogP contribution >= 0.6 is 0 Å². The summed E-state index contributed by atoms with van der Waals surface area (Å²) in [5.74, 6) is 0. The molecule has 4 heteroatoms. The van der Waals surface area contributed by atoms with E-state index in [2.05, 4.69) is 39.6 Å². The Labute approximate surface area is 117 Å². The van der Waals surface area contributed by atoms with Crippen LogP contribution in [-0.2, 0) is 14.3 Å². The van der Waals surface area contributed by atoms with Crippen LogP contribution in [0.4, 0.5) is 0 Å². The first-order chi connectivity index (χ1) is 8.95. The molecule has 0 aromatic rings. The quantitative estimate of drug-likeness (QED) is 0.328. The number of nitrogens with zero attached hydrogens (tertiary/aromatic N) is 1. The first-order valence-electron chi connectivity index (χ1n) is 7.27. The smallest absolute Gasteiger partial charge is 0.235 e. The predicted octanol–water partition coefficient (Wildman–Crippen LogP) is 3.49. The van der Waals surface area contributed by atoms with Gasteiger partial charge in [-0.3, -0.25) is 0 Å². The van der Waals surface area contributed by atoms with Crippen molar-refractivity contribution in [2.45, 2.75) is 71.5 Å². The Bertz CT molecular complexity index is 283. The molecule has 0 aromatic carbocycles. The lowest BCUT2D eigenvalue weighted by Gasteiger charge is -2.32. The van der Waals surface area contributed by atoms with E-state index in [4.69, 9.17) is 9.47 Å². The summed E-state index contributed by atoms with van der Waals surface area (Å²) in [6.45, 7) is 12.2. The van der Waals surface area contributed by atoms with E-state index in [1.165, 1.54) is 6.08 Å². The summed E-state index contributed by atoms with van der Waals surface area (Å²) in [5.41, 5.74) is -0.239. The maximum Gasteiger partial charge on any atom is 0.235 e. The largest absolute Gasteiger partial charge is 0.375 e. The normalized spacial score (nSPS) is 14.8. The van der Waals surface area contributed by atoms with Gasteiger partial charge in [-0.1, -0.05) is 20.8 Å². The molecule has 0 aliphatic rings. The van der Waals surface area contributed by atoms with Gasteiger partial charge in [-0.05, 0) is 39.5 Å². The van der Waals surface area contributed by atoms with Gasteiger partial charge in [-0.25, -0.2) is 9.79 Å². The fourth-order valence-electron chi connectivity index (χ4n) is 1.70. The second-order valence-electron chi connectivity index (χ2n) is 5.38. The summed E-state index contributed by atoms with van der Waals surface area (Å²) >= 11 is 0. The second-order valence-corrected chi connectivity index (χ2v) is 5.38. The van der Waals surface area contributed by atoms with Gasteiger partial charge in [-0.15, -0.1) is 0 Å². The number of ether oxygens (including phenoxy) is 2. The third-order valence-corrected chi connectivity index (χ3v) is 4.04. The van der Waals surface area contributed by atoms with Crippen LogP contribution in [-0.4, -0.2) is 37.0 Å². The second kappa shape index (κ2) is 9.24. The molecule has 112 valence electrons. The lowest BCUT2D eigenvalue weighted by atomic mass is 9.97. The van der Waals surface area contributed by atoms with Gasteiger partial charge in [0, 0.05) is 0 Å². The Hall–Kier alpha value is -0.700. The van der Waals surface area contributed by atoms with E-state index >= 15 is 0 Å². The van der Waals surface area contributed by atoms with Crippen molar-refractivity contribution in [2.75, 3.05) is 19.8 Å². The van der Waals surface area contributed by atoms with E-state index in [-0.39, 0.29) is 11.2 Å². The number of hydrogen-bond donors (Lipinski definition) is 0. The van der Waals surface area contributed by atoms with E-state index in [1.54, 1.807) is 0 Å². The molecule has 0 bridgehead atoms. The number of aliphatic imine (C=N–C) groups is 1. The van der Waals surface area contributed by atoms with Crippen molar-refractivity contribution in [1.29, 1.82) is 0 Å². The van der Waals surface area contributed by atoms with Crippen molar-refractivity contribution < 1.29 is 14.3 Å². The van der Waals surface area contributed by atoms with E-state index in [9.17, 15) is 4.79 Å². The molecule has 0 heterocycles. The highest BCUT2D eigenvalue weighted by Gasteiger charge is 2.25. The third-order valence-electron chi connectivity index (χ3n) is 4.04.